The fourth-order valence-electron chi connectivity index (χ4n) is 3.29. The summed E-state index contributed by atoms with van der Waals surface area (Å²) in [4.78, 5) is 27.0. The number of benzene rings is 2. The molecule has 31 heavy (non-hydrogen) atoms. The van der Waals surface area contributed by atoms with Crippen LogP contribution in [0.3, 0.4) is 0 Å². The molecule has 1 N–H and O–H groups in total. The number of carbonyl (C=O) groups is 2. The normalized spacial score (nSPS) is 16.5. The molecule has 0 aliphatic carbocycles. The van der Waals surface area contributed by atoms with Crippen LogP contribution in [0.5, 0.6) is 11.5 Å². The molecule has 0 saturated carbocycles. The van der Waals surface area contributed by atoms with Crippen LogP contribution >= 0.6 is 0 Å². The molecule has 166 valence electrons. The van der Waals surface area contributed by atoms with E-state index in [1.807, 2.05) is 0 Å². The van der Waals surface area contributed by atoms with Gasteiger partial charge in [-0.25, -0.2) is 12.7 Å². The Kier molecular flexibility index (Phi) is 6.51. The van der Waals surface area contributed by atoms with Crippen molar-refractivity contribution >= 4 is 33.2 Å². The first-order valence-electron chi connectivity index (χ1n) is 9.53. The molecular formula is C21H25N3O6S. The summed E-state index contributed by atoms with van der Waals surface area (Å²) in [7, 11) is 2.39. The highest BCUT2D eigenvalue weighted by Gasteiger charge is 2.36. The highest BCUT2D eigenvalue weighted by molar-refractivity contribution is 7.89. The lowest BCUT2D eigenvalue weighted by Gasteiger charge is -2.20. The van der Waals surface area contributed by atoms with Crippen LogP contribution in [0.15, 0.2) is 47.4 Å². The minimum Gasteiger partial charge on any atom is -0.497 e. The summed E-state index contributed by atoms with van der Waals surface area (Å²) in [5.74, 6) is 0.00538. The van der Waals surface area contributed by atoms with Gasteiger partial charge in [-0.2, -0.15) is 0 Å². The molecule has 2 aromatic rings. The lowest BCUT2D eigenvalue weighted by Crippen LogP contribution is -2.28. The van der Waals surface area contributed by atoms with Crippen molar-refractivity contribution in [1.29, 1.82) is 0 Å². The number of carbonyl (C=O) groups excluding carboxylic acids is 2. The van der Waals surface area contributed by atoms with E-state index in [9.17, 15) is 18.0 Å². The minimum absolute atomic E-state index is 0.0549. The number of rotatable bonds is 7. The highest BCUT2D eigenvalue weighted by atomic mass is 32.2. The molecule has 1 fully saturated rings. The monoisotopic (exact) mass is 447 g/mol. The summed E-state index contributed by atoms with van der Waals surface area (Å²) in [5.41, 5.74) is 0.993. The summed E-state index contributed by atoms with van der Waals surface area (Å²) < 4.78 is 36.0. The van der Waals surface area contributed by atoms with Gasteiger partial charge in [-0.1, -0.05) is 0 Å². The van der Waals surface area contributed by atoms with Crippen molar-refractivity contribution in [2.24, 2.45) is 5.92 Å². The van der Waals surface area contributed by atoms with Gasteiger partial charge in [0.25, 0.3) is 0 Å². The van der Waals surface area contributed by atoms with Crippen LogP contribution in [0.4, 0.5) is 11.4 Å². The first-order chi connectivity index (χ1) is 14.7. The summed E-state index contributed by atoms with van der Waals surface area (Å²) in [6.45, 7) is 0.196. The summed E-state index contributed by atoms with van der Waals surface area (Å²) >= 11 is 0. The van der Waals surface area contributed by atoms with Crippen molar-refractivity contribution in [2.45, 2.75) is 11.3 Å². The third-order valence-corrected chi connectivity index (χ3v) is 6.90. The number of hydrogen-bond donors (Lipinski definition) is 1. The Morgan fingerprint density at radius 1 is 1.10 bits per heavy atom. The molecule has 1 heterocycles. The Balaban J connectivity index is 1.73. The van der Waals surface area contributed by atoms with Crippen molar-refractivity contribution in [3.8, 4) is 11.5 Å². The van der Waals surface area contributed by atoms with E-state index >= 15 is 0 Å². The predicted molar refractivity (Wildman–Crippen MR) is 116 cm³/mol. The summed E-state index contributed by atoms with van der Waals surface area (Å²) in [5, 5.41) is 2.75. The van der Waals surface area contributed by atoms with Gasteiger partial charge in [0.15, 0.2) is 0 Å². The standard InChI is InChI=1S/C21H25N3O6S/c1-23(2)31(27,28)17-8-5-15(6-9-17)22-21(26)14-11-20(25)24(13-14)18-12-16(29-3)7-10-19(18)30-4/h5-10,12,14H,11,13H2,1-4H3,(H,22,26). The largest absolute Gasteiger partial charge is 0.497 e. The Hall–Kier alpha value is -3.11. The zero-order valence-electron chi connectivity index (χ0n) is 17.8. The van der Waals surface area contributed by atoms with Gasteiger partial charge in [-0.15, -0.1) is 0 Å². The molecule has 0 aromatic heterocycles. The molecule has 1 aliphatic rings. The maximum absolute atomic E-state index is 12.7. The second-order valence-corrected chi connectivity index (χ2v) is 9.40. The molecule has 2 aromatic carbocycles. The average Bonchev–Trinajstić information content (AvgIpc) is 3.15. The second-order valence-electron chi connectivity index (χ2n) is 7.24. The van der Waals surface area contributed by atoms with E-state index in [-0.39, 0.29) is 29.7 Å². The van der Waals surface area contributed by atoms with Crippen molar-refractivity contribution < 1.29 is 27.5 Å². The van der Waals surface area contributed by atoms with E-state index in [1.54, 1.807) is 18.2 Å². The number of methoxy groups -OCH3 is 2. The Morgan fingerprint density at radius 3 is 2.35 bits per heavy atom. The molecule has 0 spiro atoms. The van der Waals surface area contributed by atoms with E-state index < -0.39 is 15.9 Å². The third kappa shape index (κ3) is 4.64. The van der Waals surface area contributed by atoms with Gasteiger partial charge < -0.3 is 19.7 Å². The van der Waals surface area contributed by atoms with Crippen molar-refractivity contribution in [3.63, 3.8) is 0 Å². The van der Waals surface area contributed by atoms with E-state index in [1.165, 1.54) is 57.5 Å². The van der Waals surface area contributed by atoms with Crippen molar-refractivity contribution in [1.82, 2.24) is 4.31 Å². The fourth-order valence-corrected chi connectivity index (χ4v) is 4.19. The van der Waals surface area contributed by atoms with Crippen LogP contribution in [-0.2, 0) is 19.6 Å². The zero-order valence-corrected chi connectivity index (χ0v) is 18.6. The smallest absolute Gasteiger partial charge is 0.242 e. The maximum Gasteiger partial charge on any atom is 0.242 e. The zero-order chi connectivity index (χ0) is 22.8. The van der Waals surface area contributed by atoms with E-state index in [0.717, 1.165) is 4.31 Å². The van der Waals surface area contributed by atoms with E-state index in [2.05, 4.69) is 5.32 Å². The van der Waals surface area contributed by atoms with Gasteiger partial charge >= 0.3 is 0 Å². The maximum atomic E-state index is 12.7. The SMILES string of the molecule is COc1ccc(OC)c(N2CC(C(=O)Nc3ccc(S(=O)(=O)N(C)C)cc3)CC2=O)c1. The van der Waals surface area contributed by atoms with Gasteiger partial charge in [-0.05, 0) is 36.4 Å². The fraction of sp³-hybridized carbons (Fsp3) is 0.333. The van der Waals surface area contributed by atoms with E-state index in [4.69, 9.17) is 9.47 Å². The second kappa shape index (κ2) is 8.94. The third-order valence-electron chi connectivity index (χ3n) is 5.07. The lowest BCUT2D eigenvalue weighted by molar-refractivity contribution is -0.122. The molecule has 1 saturated heterocycles. The molecule has 1 unspecified atom stereocenters. The molecule has 3 rings (SSSR count). The Bertz CT molecular complexity index is 1080. The molecule has 0 radical (unpaired) electrons. The summed E-state index contributed by atoms with van der Waals surface area (Å²) in [6, 6.07) is 11.0. The van der Waals surface area contributed by atoms with Gasteiger partial charge in [0, 0.05) is 38.8 Å². The van der Waals surface area contributed by atoms with Crippen LogP contribution in [0, 0.1) is 5.92 Å². The van der Waals surface area contributed by atoms with Crippen LogP contribution in [0.1, 0.15) is 6.42 Å². The summed E-state index contributed by atoms with van der Waals surface area (Å²) in [6.07, 6.45) is 0.0549. The van der Waals surface area contributed by atoms with Gasteiger partial charge in [0.1, 0.15) is 11.5 Å². The van der Waals surface area contributed by atoms with Crippen molar-refractivity contribution in [3.05, 3.63) is 42.5 Å². The first-order valence-corrected chi connectivity index (χ1v) is 11.0. The number of nitrogens with one attached hydrogen (secondary N) is 1. The average molecular weight is 448 g/mol. The van der Waals surface area contributed by atoms with Crippen molar-refractivity contribution in [2.75, 3.05) is 45.1 Å². The van der Waals surface area contributed by atoms with Crippen LogP contribution in [-0.4, -0.2) is 59.4 Å². The molecule has 1 aliphatic heterocycles. The van der Waals surface area contributed by atoms with Crippen LogP contribution < -0.4 is 19.7 Å². The number of anilines is 2. The Labute approximate surface area is 181 Å². The van der Waals surface area contributed by atoms with Gasteiger partial charge in [-0.3, -0.25) is 9.59 Å². The van der Waals surface area contributed by atoms with Gasteiger partial charge in [0.2, 0.25) is 21.8 Å². The lowest BCUT2D eigenvalue weighted by atomic mass is 10.1. The van der Waals surface area contributed by atoms with Crippen LogP contribution in [0.25, 0.3) is 0 Å². The molecule has 1 atom stereocenters. The van der Waals surface area contributed by atoms with Gasteiger partial charge in [0.05, 0.1) is 30.7 Å². The number of sulfonamides is 1. The number of ether oxygens (including phenoxy) is 2. The quantitative estimate of drug-likeness (QED) is 0.696. The molecular weight excluding hydrogens is 422 g/mol. The number of hydrogen-bond acceptors (Lipinski definition) is 6. The Morgan fingerprint density at radius 2 is 1.77 bits per heavy atom. The van der Waals surface area contributed by atoms with Crippen LogP contribution in [0.2, 0.25) is 0 Å². The topological polar surface area (TPSA) is 105 Å². The molecule has 0 bridgehead atoms. The highest BCUT2D eigenvalue weighted by Crippen LogP contribution is 2.36. The number of amides is 2. The minimum atomic E-state index is -3.55. The molecule has 9 nitrogen and oxygen atoms in total. The first kappa shape index (κ1) is 22.6. The predicted octanol–water partition coefficient (Wildman–Crippen LogP) is 1.95. The molecule has 10 heteroatoms. The van der Waals surface area contributed by atoms with E-state index in [0.29, 0.717) is 22.9 Å². The molecule has 2 amide bonds. The number of nitrogens with zero attached hydrogens (tertiary/aromatic N) is 2.